The van der Waals surface area contributed by atoms with Crippen molar-refractivity contribution < 1.29 is 17.9 Å². The SMILES string of the molecule is CCOc1cc(S(N)(=O)=O)ccc1OC. The quantitative estimate of drug-likeness (QED) is 0.829. The van der Waals surface area contributed by atoms with Gasteiger partial charge in [-0.3, -0.25) is 0 Å². The van der Waals surface area contributed by atoms with Crippen molar-refractivity contribution in [2.75, 3.05) is 13.7 Å². The van der Waals surface area contributed by atoms with Crippen LogP contribution in [0, 0.1) is 0 Å². The van der Waals surface area contributed by atoms with Gasteiger partial charge in [0.25, 0.3) is 0 Å². The average molecular weight is 231 g/mol. The number of rotatable bonds is 4. The second kappa shape index (κ2) is 4.50. The fourth-order valence-electron chi connectivity index (χ4n) is 1.10. The van der Waals surface area contributed by atoms with Crippen molar-refractivity contribution in [1.82, 2.24) is 0 Å². The number of hydrogen-bond donors (Lipinski definition) is 1. The summed E-state index contributed by atoms with van der Waals surface area (Å²) in [6.45, 7) is 2.22. The summed E-state index contributed by atoms with van der Waals surface area (Å²) in [6.07, 6.45) is 0. The molecule has 0 saturated heterocycles. The Balaban J connectivity index is 3.22. The Morgan fingerprint density at radius 1 is 1.33 bits per heavy atom. The summed E-state index contributed by atoms with van der Waals surface area (Å²) in [5, 5.41) is 4.99. The van der Waals surface area contributed by atoms with Crippen molar-refractivity contribution >= 4 is 10.0 Å². The van der Waals surface area contributed by atoms with E-state index in [9.17, 15) is 8.42 Å². The Morgan fingerprint density at radius 2 is 2.00 bits per heavy atom. The van der Waals surface area contributed by atoms with Crippen molar-refractivity contribution in [1.29, 1.82) is 0 Å². The number of primary sulfonamides is 1. The number of sulfonamides is 1. The van der Waals surface area contributed by atoms with E-state index >= 15 is 0 Å². The van der Waals surface area contributed by atoms with Crippen LogP contribution in [0.3, 0.4) is 0 Å². The topological polar surface area (TPSA) is 78.6 Å². The van der Waals surface area contributed by atoms with Crippen LogP contribution >= 0.6 is 0 Å². The van der Waals surface area contributed by atoms with E-state index in [1.807, 2.05) is 0 Å². The molecular weight excluding hydrogens is 218 g/mol. The van der Waals surface area contributed by atoms with E-state index < -0.39 is 10.0 Å². The summed E-state index contributed by atoms with van der Waals surface area (Å²) in [7, 11) is -2.22. The molecular formula is C9H13NO4S. The maximum absolute atomic E-state index is 11.1. The largest absolute Gasteiger partial charge is 0.493 e. The monoisotopic (exact) mass is 231 g/mol. The van der Waals surface area contributed by atoms with Crippen LogP contribution in [-0.2, 0) is 10.0 Å². The molecule has 0 atom stereocenters. The number of nitrogens with two attached hydrogens (primary N) is 1. The third-order valence-corrected chi connectivity index (χ3v) is 2.67. The third-order valence-electron chi connectivity index (χ3n) is 1.76. The molecule has 0 fully saturated rings. The summed E-state index contributed by atoms with van der Waals surface area (Å²) in [5.41, 5.74) is 0. The number of ether oxygens (including phenoxy) is 2. The highest BCUT2D eigenvalue weighted by atomic mass is 32.2. The molecule has 0 radical (unpaired) electrons. The van der Waals surface area contributed by atoms with Crippen LogP contribution < -0.4 is 14.6 Å². The fourth-order valence-corrected chi connectivity index (χ4v) is 1.63. The lowest BCUT2D eigenvalue weighted by molar-refractivity contribution is 0.310. The molecule has 0 aliphatic heterocycles. The number of hydrogen-bond acceptors (Lipinski definition) is 4. The molecule has 0 aliphatic rings. The number of benzene rings is 1. The molecule has 0 aliphatic carbocycles. The first-order chi connectivity index (χ1) is 6.99. The minimum Gasteiger partial charge on any atom is -0.493 e. The van der Waals surface area contributed by atoms with Gasteiger partial charge in [-0.25, -0.2) is 13.6 Å². The molecule has 84 valence electrons. The maximum atomic E-state index is 11.1. The molecule has 1 aromatic carbocycles. The molecule has 1 aromatic rings. The standard InChI is InChI=1S/C9H13NO4S/c1-3-14-9-6-7(15(10,11)12)4-5-8(9)13-2/h4-6H,3H2,1-2H3,(H2,10,11,12). The van der Waals surface area contributed by atoms with Crippen molar-refractivity contribution in [2.45, 2.75) is 11.8 Å². The summed E-state index contributed by atoms with van der Waals surface area (Å²) in [4.78, 5) is 0.00625. The van der Waals surface area contributed by atoms with Gasteiger partial charge in [-0.15, -0.1) is 0 Å². The molecule has 2 N–H and O–H groups in total. The minimum atomic E-state index is -3.70. The van der Waals surface area contributed by atoms with Gasteiger partial charge < -0.3 is 9.47 Å². The van der Waals surface area contributed by atoms with Crippen LogP contribution in [0.5, 0.6) is 11.5 Å². The Hall–Kier alpha value is -1.27. The van der Waals surface area contributed by atoms with Gasteiger partial charge in [-0.1, -0.05) is 0 Å². The highest BCUT2D eigenvalue weighted by Gasteiger charge is 2.12. The normalized spacial score (nSPS) is 11.1. The lowest BCUT2D eigenvalue weighted by atomic mass is 10.3. The first kappa shape index (κ1) is 11.8. The zero-order chi connectivity index (χ0) is 11.5. The van der Waals surface area contributed by atoms with Crippen LogP contribution in [0.25, 0.3) is 0 Å². The molecule has 5 nitrogen and oxygen atoms in total. The molecule has 15 heavy (non-hydrogen) atoms. The molecule has 0 bridgehead atoms. The first-order valence-corrected chi connectivity index (χ1v) is 5.87. The van der Waals surface area contributed by atoms with Crippen molar-refractivity contribution in [3.05, 3.63) is 18.2 Å². The Morgan fingerprint density at radius 3 is 2.47 bits per heavy atom. The van der Waals surface area contributed by atoms with Crippen LogP contribution in [0.4, 0.5) is 0 Å². The molecule has 0 spiro atoms. The Kier molecular flexibility index (Phi) is 3.54. The summed E-state index contributed by atoms with van der Waals surface area (Å²) >= 11 is 0. The van der Waals surface area contributed by atoms with Gasteiger partial charge in [-0.2, -0.15) is 0 Å². The Labute approximate surface area is 88.9 Å². The minimum absolute atomic E-state index is 0.00625. The van der Waals surface area contributed by atoms with E-state index in [1.165, 1.54) is 25.3 Å². The number of methoxy groups -OCH3 is 1. The molecule has 0 saturated carbocycles. The van der Waals surface area contributed by atoms with Crippen molar-refractivity contribution in [2.24, 2.45) is 5.14 Å². The highest BCUT2D eigenvalue weighted by molar-refractivity contribution is 7.89. The highest BCUT2D eigenvalue weighted by Crippen LogP contribution is 2.29. The summed E-state index contributed by atoms with van der Waals surface area (Å²) in [6, 6.07) is 4.22. The lowest BCUT2D eigenvalue weighted by Crippen LogP contribution is -2.12. The lowest BCUT2D eigenvalue weighted by Gasteiger charge is -2.09. The molecule has 0 heterocycles. The Bertz CT molecular complexity index is 441. The van der Waals surface area contributed by atoms with E-state index in [2.05, 4.69) is 0 Å². The van der Waals surface area contributed by atoms with Gasteiger partial charge in [0, 0.05) is 6.07 Å². The van der Waals surface area contributed by atoms with Gasteiger partial charge in [0.1, 0.15) is 0 Å². The zero-order valence-corrected chi connectivity index (χ0v) is 9.37. The first-order valence-electron chi connectivity index (χ1n) is 4.32. The summed E-state index contributed by atoms with van der Waals surface area (Å²) in [5.74, 6) is 0.843. The molecule has 0 aromatic heterocycles. The molecule has 6 heteroatoms. The van der Waals surface area contributed by atoms with Gasteiger partial charge >= 0.3 is 0 Å². The van der Waals surface area contributed by atoms with E-state index in [4.69, 9.17) is 14.6 Å². The predicted octanol–water partition coefficient (Wildman–Crippen LogP) is 0.741. The average Bonchev–Trinajstić information content (AvgIpc) is 2.17. The van der Waals surface area contributed by atoms with Gasteiger partial charge in [0.15, 0.2) is 11.5 Å². The zero-order valence-electron chi connectivity index (χ0n) is 8.56. The van der Waals surface area contributed by atoms with Crippen LogP contribution in [-0.4, -0.2) is 22.1 Å². The second-order valence-corrected chi connectivity index (χ2v) is 4.35. The predicted molar refractivity (Wildman–Crippen MR) is 55.5 cm³/mol. The third kappa shape index (κ3) is 2.84. The molecule has 0 unspecified atom stereocenters. The van der Waals surface area contributed by atoms with Gasteiger partial charge in [0.2, 0.25) is 10.0 Å². The van der Waals surface area contributed by atoms with E-state index in [1.54, 1.807) is 6.92 Å². The van der Waals surface area contributed by atoms with Gasteiger partial charge in [-0.05, 0) is 19.1 Å². The van der Waals surface area contributed by atoms with Crippen LogP contribution in [0.15, 0.2) is 23.1 Å². The fraction of sp³-hybridized carbons (Fsp3) is 0.333. The van der Waals surface area contributed by atoms with E-state index in [0.29, 0.717) is 18.1 Å². The summed E-state index contributed by atoms with van der Waals surface area (Å²) < 4.78 is 32.4. The van der Waals surface area contributed by atoms with Crippen molar-refractivity contribution in [3.63, 3.8) is 0 Å². The van der Waals surface area contributed by atoms with E-state index in [0.717, 1.165) is 0 Å². The van der Waals surface area contributed by atoms with E-state index in [-0.39, 0.29) is 4.90 Å². The van der Waals surface area contributed by atoms with Crippen LogP contribution in [0.2, 0.25) is 0 Å². The second-order valence-electron chi connectivity index (χ2n) is 2.79. The smallest absolute Gasteiger partial charge is 0.238 e. The van der Waals surface area contributed by atoms with Crippen molar-refractivity contribution in [3.8, 4) is 11.5 Å². The maximum Gasteiger partial charge on any atom is 0.238 e. The van der Waals surface area contributed by atoms with Gasteiger partial charge in [0.05, 0.1) is 18.6 Å². The van der Waals surface area contributed by atoms with Crippen LogP contribution in [0.1, 0.15) is 6.92 Å². The molecule has 0 amide bonds. The molecule has 1 rings (SSSR count).